The minimum absolute atomic E-state index is 0.104. The van der Waals surface area contributed by atoms with E-state index in [1.54, 1.807) is 22.8 Å². The van der Waals surface area contributed by atoms with Crippen molar-refractivity contribution in [2.24, 2.45) is 0 Å². The molecule has 0 radical (unpaired) electrons. The second-order valence-corrected chi connectivity index (χ2v) is 4.61. The van der Waals surface area contributed by atoms with Crippen molar-refractivity contribution < 1.29 is 4.21 Å². The van der Waals surface area contributed by atoms with E-state index in [2.05, 4.69) is 9.97 Å². The third-order valence-electron chi connectivity index (χ3n) is 1.58. The molecule has 0 saturated heterocycles. The van der Waals surface area contributed by atoms with E-state index in [0.29, 0.717) is 5.82 Å². The molecule has 1 aromatic rings. The van der Waals surface area contributed by atoms with Gasteiger partial charge in [-0.3, -0.25) is 4.31 Å². The lowest BCUT2D eigenvalue weighted by molar-refractivity contribution is 0.674. The van der Waals surface area contributed by atoms with Crippen LogP contribution in [0.1, 0.15) is 13.8 Å². The molecule has 0 aliphatic rings. The van der Waals surface area contributed by atoms with E-state index in [0.717, 1.165) is 0 Å². The van der Waals surface area contributed by atoms with Crippen LogP contribution in [-0.2, 0) is 11.0 Å². The number of nitrogens with zero attached hydrogens (tertiary/aromatic N) is 3. The zero-order valence-corrected chi connectivity index (χ0v) is 9.84. The van der Waals surface area contributed by atoms with Gasteiger partial charge in [-0.15, -0.1) is 0 Å². The van der Waals surface area contributed by atoms with Crippen molar-refractivity contribution in [1.29, 1.82) is 0 Å². The highest BCUT2D eigenvalue weighted by Gasteiger charge is 2.15. The second kappa shape index (κ2) is 4.70. The summed E-state index contributed by atoms with van der Waals surface area (Å²) < 4.78 is 13.1. The van der Waals surface area contributed by atoms with E-state index < -0.39 is 11.0 Å². The Kier molecular flexibility index (Phi) is 3.83. The van der Waals surface area contributed by atoms with E-state index in [1.807, 2.05) is 13.8 Å². The molecule has 6 heteroatoms. The number of halogens is 1. The van der Waals surface area contributed by atoms with Gasteiger partial charge < -0.3 is 0 Å². The van der Waals surface area contributed by atoms with Gasteiger partial charge in [0.1, 0.15) is 16.8 Å². The van der Waals surface area contributed by atoms with Gasteiger partial charge in [0.15, 0.2) is 0 Å². The molecule has 0 amide bonds. The van der Waals surface area contributed by atoms with Crippen molar-refractivity contribution in [2.45, 2.75) is 19.9 Å². The van der Waals surface area contributed by atoms with Crippen LogP contribution in [0.25, 0.3) is 0 Å². The molecule has 1 aromatic heterocycles. The average molecular weight is 234 g/mol. The molecule has 0 bridgehead atoms. The maximum atomic E-state index is 11.4. The van der Waals surface area contributed by atoms with Crippen molar-refractivity contribution >= 4 is 28.4 Å². The van der Waals surface area contributed by atoms with Crippen LogP contribution < -0.4 is 4.31 Å². The molecule has 1 heterocycles. The van der Waals surface area contributed by atoms with Gasteiger partial charge in [0.25, 0.3) is 0 Å². The Morgan fingerprint density at radius 1 is 1.57 bits per heavy atom. The summed E-state index contributed by atoms with van der Waals surface area (Å²) >= 11 is 5.65. The Balaban J connectivity index is 3.05. The average Bonchev–Trinajstić information content (AvgIpc) is 2.02. The van der Waals surface area contributed by atoms with E-state index in [1.165, 1.54) is 0 Å². The molecule has 0 spiro atoms. The summed E-state index contributed by atoms with van der Waals surface area (Å²) in [5.74, 6) is 0.584. The largest absolute Gasteiger partial charge is 0.273 e. The fourth-order valence-corrected chi connectivity index (χ4v) is 2.24. The van der Waals surface area contributed by atoms with Crippen molar-refractivity contribution in [3.05, 3.63) is 17.5 Å². The number of anilines is 1. The predicted molar refractivity (Wildman–Crippen MR) is 58.7 cm³/mol. The summed E-state index contributed by atoms with van der Waals surface area (Å²) in [4.78, 5) is 7.77. The summed E-state index contributed by atoms with van der Waals surface area (Å²) in [6.07, 6.45) is 3.16. The van der Waals surface area contributed by atoms with Crippen LogP contribution in [-0.4, -0.2) is 26.5 Å². The molecular weight excluding hydrogens is 222 g/mol. The lowest BCUT2D eigenvalue weighted by atomic mass is 10.4. The molecule has 0 fully saturated rings. The Hall–Kier alpha value is -0.680. The molecule has 0 saturated carbocycles. The molecular formula is C8H12ClN3OS. The summed E-state index contributed by atoms with van der Waals surface area (Å²) in [5, 5.41) is 0.165. The van der Waals surface area contributed by atoms with Crippen molar-refractivity contribution in [2.75, 3.05) is 10.6 Å². The normalized spacial score (nSPS) is 12.9. The van der Waals surface area contributed by atoms with E-state index >= 15 is 0 Å². The highest BCUT2D eigenvalue weighted by Crippen LogP contribution is 2.16. The highest BCUT2D eigenvalue weighted by molar-refractivity contribution is 7.85. The smallest absolute Gasteiger partial charge is 0.224 e. The first-order valence-electron chi connectivity index (χ1n) is 4.13. The third kappa shape index (κ3) is 2.65. The highest BCUT2D eigenvalue weighted by atomic mass is 35.5. The van der Waals surface area contributed by atoms with Crippen LogP contribution in [0.2, 0.25) is 5.28 Å². The Morgan fingerprint density at radius 2 is 2.21 bits per heavy atom. The number of hydrogen-bond acceptors (Lipinski definition) is 3. The summed E-state index contributed by atoms with van der Waals surface area (Å²) in [6, 6.07) is 1.79. The molecule has 4 nitrogen and oxygen atoms in total. The van der Waals surface area contributed by atoms with Crippen LogP contribution in [0.5, 0.6) is 0 Å². The first-order chi connectivity index (χ1) is 6.52. The molecule has 0 aliphatic carbocycles. The van der Waals surface area contributed by atoms with Gasteiger partial charge in [-0.2, -0.15) is 4.98 Å². The quantitative estimate of drug-likeness (QED) is 0.746. The number of rotatable bonds is 3. The van der Waals surface area contributed by atoms with E-state index in [4.69, 9.17) is 11.6 Å². The minimum Gasteiger partial charge on any atom is -0.273 e. The fourth-order valence-electron chi connectivity index (χ4n) is 1.14. The molecule has 1 unspecified atom stereocenters. The Labute approximate surface area is 90.9 Å². The maximum absolute atomic E-state index is 11.4. The summed E-state index contributed by atoms with van der Waals surface area (Å²) in [7, 11) is -1.11. The van der Waals surface area contributed by atoms with E-state index in [-0.39, 0.29) is 11.3 Å². The van der Waals surface area contributed by atoms with Crippen LogP contribution >= 0.6 is 11.6 Å². The predicted octanol–water partition coefficient (Wildman–Crippen LogP) is 1.64. The van der Waals surface area contributed by atoms with Gasteiger partial charge >= 0.3 is 0 Å². The van der Waals surface area contributed by atoms with Gasteiger partial charge in [-0.25, -0.2) is 9.19 Å². The molecule has 1 rings (SSSR count). The third-order valence-corrected chi connectivity index (χ3v) is 2.93. The first kappa shape index (κ1) is 11.4. The van der Waals surface area contributed by atoms with Gasteiger partial charge in [0.2, 0.25) is 5.28 Å². The zero-order chi connectivity index (χ0) is 10.7. The number of hydrogen-bond donors (Lipinski definition) is 0. The first-order valence-corrected chi connectivity index (χ1v) is 6.03. The lowest BCUT2D eigenvalue weighted by Crippen LogP contribution is -2.32. The molecule has 0 aromatic carbocycles. The second-order valence-electron chi connectivity index (χ2n) is 3.03. The van der Waals surface area contributed by atoms with Crippen LogP contribution in [0.3, 0.4) is 0 Å². The monoisotopic (exact) mass is 233 g/mol. The standard InChI is InChI=1S/C8H12ClN3OS/c1-6(2)12(14(3)13)7-4-5-10-8(9)11-7/h4-6H,1-3H3. The molecule has 1 atom stereocenters. The summed E-state index contributed by atoms with van der Waals surface area (Å²) in [5.41, 5.74) is 0. The molecule has 78 valence electrons. The van der Waals surface area contributed by atoms with Gasteiger partial charge in [-0.1, -0.05) is 0 Å². The Bertz CT molecular complexity index is 345. The van der Waals surface area contributed by atoms with Crippen LogP contribution in [0.15, 0.2) is 12.3 Å². The van der Waals surface area contributed by atoms with Crippen molar-refractivity contribution in [3.8, 4) is 0 Å². The van der Waals surface area contributed by atoms with Crippen molar-refractivity contribution in [3.63, 3.8) is 0 Å². The minimum atomic E-state index is -1.11. The van der Waals surface area contributed by atoms with Crippen LogP contribution in [0.4, 0.5) is 5.82 Å². The zero-order valence-electron chi connectivity index (χ0n) is 8.27. The number of aromatic nitrogens is 2. The van der Waals surface area contributed by atoms with Crippen LogP contribution in [0, 0.1) is 0 Å². The lowest BCUT2D eigenvalue weighted by Gasteiger charge is -2.24. The van der Waals surface area contributed by atoms with Gasteiger partial charge in [0.05, 0.1) is 0 Å². The Morgan fingerprint density at radius 3 is 2.64 bits per heavy atom. The van der Waals surface area contributed by atoms with Gasteiger partial charge in [0, 0.05) is 24.6 Å². The molecule has 0 N–H and O–H groups in total. The van der Waals surface area contributed by atoms with Gasteiger partial charge in [-0.05, 0) is 25.4 Å². The van der Waals surface area contributed by atoms with E-state index in [9.17, 15) is 4.21 Å². The molecule has 0 aliphatic heterocycles. The topological polar surface area (TPSA) is 46.1 Å². The fraction of sp³-hybridized carbons (Fsp3) is 0.500. The molecule has 14 heavy (non-hydrogen) atoms. The maximum Gasteiger partial charge on any atom is 0.224 e. The summed E-state index contributed by atoms with van der Waals surface area (Å²) in [6.45, 7) is 3.88. The SMILES string of the molecule is CC(C)N(c1ccnc(Cl)n1)S(C)=O. The van der Waals surface area contributed by atoms with Crippen molar-refractivity contribution in [1.82, 2.24) is 9.97 Å².